The van der Waals surface area contributed by atoms with E-state index in [1.54, 1.807) is 18.3 Å². The number of ether oxygens (including phenoxy) is 2. The lowest BCUT2D eigenvalue weighted by Crippen LogP contribution is -2.33. The van der Waals surface area contributed by atoms with E-state index in [0.717, 1.165) is 0 Å². The molecule has 1 aliphatic carbocycles. The highest BCUT2D eigenvalue weighted by molar-refractivity contribution is 6.06. The zero-order valence-corrected chi connectivity index (χ0v) is 8.56. The molecule has 0 amide bonds. The lowest BCUT2D eigenvalue weighted by atomic mass is 9.93. The molecule has 0 fully saturated rings. The van der Waals surface area contributed by atoms with Gasteiger partial charge in [-0.05, 0) is 18.2 Å². The Morgan fingerprint density at radius 1 is 1.33 bits per heavy atom. The number of carbonyl (C=O) groups excluding carboxylic acids is 1. The van der Waals surface area contributed by atoms with Crippen LogP contribution in [0.2, 0.25) is 0 Å². The smallest absolute Gasteiger partial charge is 0.215 e. The van der Waals surface area contributed by atoms with E-state index < -0.39 is 5.79 Å². The molecule has 1 aliphatic rings. The third kappa shape index (κ3) is 1.38. The van der Waals surface area contributed by atoms with Crippen molar-refractivity contribution in [1.29, 1.82) is 0 Å². The van der Waals surface area contributed by atoms with Gasteiger partial charge < -0.3 is 9.47 Å². The monoisotopic (exact) mass is 205 g/mol. The molecular formula is C11H11NO3. The largest absolute Gasteiger partial charge is 0.346 e. The van der Waals surface area contributed by atoms with Crippen molar-refractivity contribution in [1.82, 2.24) is 4.98 Å². The molecule has 0 radical (unpaired) electrons. The van der Waals surface area contributed by atoms with Crippen LogP contribution in [0.25, 0.3) is 0 Å². The molecule has 0 saturated carbocycles. The van der Waals surface area contributed by atoms with Crippen LogP contribution in [0.15, 0.2) is 30.6 Å². The fourth-order valence-corrected chi connectivity index (χ4v) is 1.70. The van der Waals surface area contributed by atoms with Gasteiger partial charge in [0.15, 0.2) is 5.78 Å². The lowest BCUT2D eigenvalue weighted by molar-refractivity contribution is -0.178. The summed E-state index contributed by atoms with van der Waals surface area (Å²) in [7, 11) is 3.07. The van der Waals surface area contributed by atoms with E-state index in [0.29, 0.717) is 11.1 Å². The van der Waals surface area contributed by atoms with E-state index in [4.69, 9.17) is 9.47 Å². The fraction of sp³-hybridized carbons (Fsp3) is 0.273. The number of methoxy groups -OCH3 is 2. The second kappa shape index (κ2) is 3.56. The highest BCUT2D eigenvalue weighted by atomic mass is 16.7. The van der Waals surface area contributed by atoms with Gasteiger partial charge in [0.25, 0.3) is 0 Å². The molecule has 78 valence electrons. The molecule has 0 unspecified atom stereocenters. The Kier molecular flexibility index (Phi) is 2.38. The van der Waals surface area contributed by atoms with Crippen LogP contribution in [-0.2, 0) is 15.3 Å². The summed E-state index contributed by atoms with van der Waals surface area (Å²) < 4.78 is 10.6. The molecular weight excluding hydrogens is 194 g/mol. The third-order valence-electron chi connectivity index (χ3n) is 2.52. The molecule has 0 bridgehead atoms. The Morgan fingerprint density at radius 3 is 2.73 bits per heavy atom. The Balaban J connectivity index is 2.63. The summed E-state index contributed by atoms with van der Waals surface area (Å²) >= 11 is 0. The molecule has 0 atom stereocenters. The van der Waals surface area contributed by atoms with Crippen LogP contribution in [0.1, 0.15) is 15.9 Å². The minimum absolute atomic E-state index is 0.0807. The number of ketones is 1. The van der Waals surface area contributed by atoms with Gasteiger partial charge in [0.2, 0.25) is 5.79 Å². The maximum absolute atomic E-state index is 11.6. The second-order valence-corrected chi connectivity index (χ2v) is 3.19. The van der Waals surface area contributed by atoms with Crippen molar-refractivity contribution < 1.29 is 14.3 Å². The predicted molar refractivity (Wildman–Crippen MR) is 53.4 cm³/mol. The molecule has 2 rings (SSSR count). The SMILES string of the molecule is COC1(OC)C=CC(=O)c2cnccc21. The van der Waals surface area contributed by atoms with E-state index in [1.165, 1.54) is 26.5 Å². The molecule has 15 heavy (non-hydrogen) atoms. The average molecular weight is 205 g/mol. The highest BCUT2D eigenvalue weighted by Gasteiger charge is 2.36. The Labute approximate surface area is 87.5 Å². The van der Waals surface area contributed by atoms with Crippen LogP contribution in [-0.4, -0.2) is 25.0 Å². The number of hydrogen-bond donors (Lipinski definition) is 0. The van der Waals surface area contributed by atoms with E-state index in [1.807, 2.05) is 0 Å². The quantitative estimate of drug-likeness (QED) is 0.682. The first-order chi connectivity index (χ1) is 7.23. The van der Waals surface area contributed by atoms with E-state index in [-0.39, 0.29) is 5.78 Å². The summed E-state index contributed by atoms with van der Waals surface area (Å²) in [6.45, 7) is 0. The second-order valence-electron chi connectivity index (χ2n) is 3.19. The minimum atomic E-state index is -0.966. The van der Waals surface area contributed by atoms with Gasteiger partial charge in [-0.2, -0.15) is 0 Å². The van der Waals surface area contributed by atoms with Crippen LogP contribution in [0, 0.1) is 0 Å². The van der Waals surface area contributed by atoms with Crippen molar-refractivity contribution >= 4 is 5.78 Å². The van der Waals surface area contributed by atoms with Crippen LogP contribution in [0.4, 0.5) is 0 Å². The predicted octanol–water partition coefficient (Wildman–Crippen LogP) is 1.28. The molecule has 0 aliphatic heterocycles. The van der Waals surface area contributed by atoms with Gasteiger partial charge in [-0.15, -0.1) is 0 Å². The summed E-state index contributed by atoms with van der Waals surface area (Å²) in [5, 5.41) is 0. The number of fused-ring (bicyclic) bond motifs is 1. The highest BCUT2D eigenvalue weighted by Crippen LogP contribution is 2.33. The molecule has 0 N–H and O–H groups in total. The molecule has 1 aromatic rings. The number of carbonyl (C=O) groups is 1. The van der Waals surface area contributed by atoms with Crippen molar-refractivity contribution in [3.05, 3.63) is 41.7 Å². The van der Waals surface area contributed by atoms with Gasteiger partial charge >= 0.3 is 0 Å². The molecule has 0 saturated heterocycles. The van der Waals surface area contributed by atoms with Gasteiger partial charge in [-0.1, -0.05) is 0 Å². The number of nitrogens with zero attached hydrogens (tertiary/aromatic N) is 1. The van der Waals surface area contributed by atoms with Gasteiger partial charge in [0.1, 0.15) is 0 Å². The van der Waals surface area contributed by atoms with Gasteiger partial charge in [-0.3, -0.25) is 9.78 Å². The Morgan fingerprint density at radius 2 is 2.07 bits per heavy atom. The summed E-state index contributed by atoms with van der Waals surface area (Å²) in [5.41, 5.74) is 1.21. The van der Waals surface area contributed by atoms with Gasteiger partial charge in [0, 0.05) is 37.7 Å². The van der Waals surface area contributed by atoms with Crippen molar-refractivity contribution in [2.24, 2.45) is 0 Å². The normalized spacial score (nSPS) is 17.6. The van der Waals surface area contributed by atoms with Crippen LogP contribution in [0.3, 0.4) is 0 Å². The summed E-state index contributed by atoms with van der Waals surface area (Å²) in [6.07, 6.45) is 6.18. The summed E-state index contributed by atoms with van der Waals surface area (Å²) in [5.74, 6) is -1.05. The number of aromatic nitrogens is 1. The van der Waals surface area contributed by atoms with E-state index in [9.17, 15) is 4.79 Å². The third-order valence-corrected chi connectivity index (χ3v) is 2.52. The van der Waals surface area contributed by atoms with Crippen LogP contribution in [0.5, 0.6) is 0 Å². The molecule has 1 heterocycles. The van der Waals surface area contributed by atoms with E-state index >= 15 is 0 Å². The summed E-state index contributed by atoms with van der Waals surface area (Å²) in [6, 6.07) is 1.73. The number of pyridine rings is 1. The minimum Gasteiger partial charge on any atom is -0.346 e. The molecule has 1 aromatic heterocycles. The topological polar surface area (TPSA) is 48.4 Å². The number of hydrogen-bond acceptors (Lipinski definition) is 4. The molecule has 0 spiro atoms. The van der Waals surface area contributed by atoms with Gasteiger partial charge in [-0.25, -0.2) is 0 Å². The molecule has 4 nitrogen and oxygen atoms in total. The first-order valence-electron chi connectivity index (χ1n) is 4.52. The van der Waals surface area contributed by atoms with Crippen LogP contribution >= 0.6 is 0 Å². The maximum atomic E-state index is 11.6. The molecule has 0 aromatic carbocycles. The Hall–Kier alpha value is -1.52. The zero-order valence-electron chi connectivity index (χ0n) is 8.56. The zero-order chi connectivity index (χ0) is 10.9. The first kappa shape index (κ1) is 10.0. The Bertz CT molecular complexity index is 422. The first-order valence-corrected chi connectivity index (χ1v) is 4.52. The number of rotatable bonds is 2. The van der Waals surface area contributed by atoms with Gasteiger partial charge in [0.05, 0.1) is 0 Å². The van der Waals surface area contributed by atoms with Crippen molar-refractivity contribution in [2.45, 2.75) is 5.79 Å². The number of allylic oxidation sites excluding steroid dienone is 1. The lowest BCUT2D eigenvalue weighted by Gasteiger charge is -2.31. The summed E-state index contributed by atoms with van der Waals surface area (Å²) in [4.78, 5) is 15.5. The fourth-order valence-electron chi connectivity index (χ4n) is 1.70. The average Bonchev–Trinajstić information content (AvgIpc) is 2.31. The van der Waals surface area contributed by atoms with Crippen molar-refractivity contribution in [3.8, 4) is 0 Å². The standard InChI is InChI=1S/C11H11NO3/c1-14-11(15-2)5-3-10(13)8-7-12-6-4-9(8)11/h3-7H,1-2H3. The van der Waals surface area contributed by atoms with E-state index in [2.05, 4.69) is 4.98 Å². The van der Waals surface area contributed by atoms with Crippen LogP contribution < -0.4 is 0 Å². The van der Waals surface area contributed by atoms with Crippen molar-refractivity contribution in [2.75, 3.05) is 14.2 Å². The van der Waals surface area contributed by atoms with Crippen molar-refractivity contribution in [3.63, 3.8) is 0 Å². The maximum Gasteiger partial charge on any atom is 0.215 e. The molecule has 4 heteroatoms.